The number of amides is 2. The molecule has 0 radical (unpaired) electrons. The van der Waals surface area contributed by atoms with Gasteiger partial charge in [0.05, 0.1) is 0 Å². The number of benzene rings is 2. The van der Waals surface area contributed by atoms with Crippen LogP contribution in [-0.2, 0) is 4.79 Å². The van der Waals surface area contributed by atoms with E-state index in [0.29, 0.717) is 23.7 Å². The first-order valence-electron chi connectivity index (χ1n) is 7.78. The molecule has 0 spiro atoms. The van der Waals surface area contributed by atoms with Gasteiger partial charge in [0.15, 0.2) is 0 Å². The van der Waals surface area contributed by atoms with Crippen molar-refractivity contribution in [2.75, 3.05) is 18.0 Å². The molecule has 2 amide bonds. The quantitative estimate of drug-likeness (QED) is 0.898. The molecule has 0 aromatic heterocycles. The van der Waals surface area contributed by atoms with E-state index in [0.717, 1.165) is 16.8 Å². The third-order valence-corrected chi connectivity index (χ3v) is 4.07. The highest BCUT2D eigenvalue weighted by atomic mass is 35.5. The summed E-state index contributed by atoms with van der Waals surface area (Å²) < 4.78 is 0. The maximum Gasteiger partial charge on any atom is 0.251 e. The molecule has 0 bridgehead atoms. The monoisotopic (exact) mass is 344 g/mol. The van der Waals surface area contributed by atoms with E-state index >= 15 is 0 Å². The molecule has 0 aliphatic carbocycles. The molecule has 126 valence electrons. The SMILES string of the molecule is CC(=O)N(CCNC(=O)c1ccc(Cl)cc1)c1c(C)cccc1C. The molecule has 2 rings (SSSR count). The summed E-state index contributed by atoms with van der Waals surface area (Å²) in [4.78, 5) is 25.9. The van der Waals surface area contributed by atoms with Gasteiger partial charge in [0.2, 0.25) is 5.91 Å². The Labute approximate surface area is 147 Å². The summed E-state index contributed by atoms with van der Waals surface area (Å²) in [6.45, 7) is 6.27. The van der Waals surface area contributed by atoms with Gasteiger partial charge in [0.1, 0.15) is 0 Å². The Balaban J connectivity index is 2.03. The number of hydrogen-bond acceptors (Lipinski definition) is 2. The number of nitrogens with one attached hydrogen (secondary N) is 1. The van der Waals surface area contributed by atoms with E-state index in [1.54, 1.807) is 29.2 Å². The zero-order valence-electron chi connectivity index (χ0n) is 14.1. The average molecular weight is 345 g/mol. The van der Waals surface area contributed by atoms with Crippen molar-refractivity contribution in [2.45, 2.75) is 20.8 Å². The van der Waals surface area contributed by atoms with E-state index < -0.39 is 0 Å². The number of para-hydroxylation sites is 1. The van der Waals surface area contributed by atoms with Crippen LogP contribution in [0.25, 0.3) is 0 Å². The third kappa shape index (κ3) is 4.36. The highest BCUT2D eigenvalue weighted by molar-refractivity contribution is 6.30. The summed E-state index contributed by atoms with van der Waals surface area (Å²) in [7, 11) is 0. The molecule has 0 aliphatic heterocycles. The first kappa shape index (κ1) is 18.0. The maximum atomic E-state index is 12.1. The number of anilines is 1. The molecular formula is C19H21ClN2O2. The van der Waals surface area contributed by atoms with Gasteiger partial charge in [-0.3, -0.25) is 9.59 Å². The lowest BCUT2D eigenvalue weighted by molar-refractivity contribution is -0.116. The van der Waals surface area contributed by atoms with E-state index in [4.69, 9.17) is 11.6 Å². The van der Waals surface area contributed by atoms with E-state index in [-0.39, 0.29) is 11.8 Å². The Morgan fingerprint density at radius 3 is 2.17 bits per heavy atom. The molecule has 2 aromatic rings. The van der Waals surface area contributed by atoms with Crippen LogP contribution < -0.4 is 10.2 Å². The summed E-state index contributed by atoms with van der Waals surface area (Å²) >= 11 is 5.82. The first-order chi connectivity index (χ1) is 11.4. The Bertz CT molecular complexity index is 721. The second-order valence-electron chi connectivity index (χ2n) is 5.67. The second kappa shape index (κ2) is 7.97. The standard InChI is InChI=1S/C19H21ClN2O2/c1-13-5-4-6-14(2)18(13)22(15(3)23)12-11-21-19(24)16-7-9-17(20)10-8-16/h4-10H,11-12H2,1-3H3,(H,21,24). The first-order valence-corrected chi connectivity index (χ1v) is 8.16. The van der Waals surface area contributed by atoms with Crippen molar-refractivity contribution in [3.8, 4) is 0 Å². The van der Waals surface area contributed by atoms with Crippen LogP contribution in [0.5, 0.6) is 0 Å². The fourth-order valence-electron chi connectivity index (χ4n) is 2.64. The number of halogens is 1. The van der Waals surface area contributed by atoms with Crippen molar-refractivity contribution in [1.29, 1.82) is 0 Å². The Morgan fingerprint density at radius 1 is 1.04 bits per heavy atom. The van der Waals surface area contributed by atoms with Crippen LogP contribution in [0, 0.1) is 13.8 Å². The highest BCUT2D eigenvalue weighted by Crippen LogP contribution is 2.24. The van der Waals surface area contributed by atoms with Crippen LogP contribution in [0.15, 0.2) is 42.5 Å². The molecule has 0 heterocycles. The van der Waals surface area contributed by atoms with Gasteiger partial charge < -0.3 is 10.2 Å². The molecule has 0 saturated heterocycles. The van der Waals surface area contributed by atoms with Gasteiger partial charge in [0.25, 0.3) is 5.91 Å². The lowest BCUT2D eigenvalue weighted by Crippen LogP contribution is -2.38. The minimum atomic E-state index is -0.184. The number of carbonyl (C=O) groups excluding carboxylic acids is 2. The molecule has 1 N–H and O–H groups in total. The van der Waals surface area contributed by atoms with Gasteiger partial charge in [-0.2, -0.15) is 0 Å². The third-order valence-electron chi connectivity index (χ3n) is 3.82. The summed E-state index contributed by atoms with van der Waals surface area (Å²) in [5.74, 6) is -0.232. The molecule has 5 heteroatoms. The fraction of sp³-hybridized carbons (Fsp3) is 0.263. The van der Waals surface area contributed by atoms with Crippen LogP contribution in [-0.4, -0.2) is 24.9 Å². The number of aryl methyl sites for hydroxylation is 2. The smallest absolute Gasteiger partial charge is 0.251 e. The minimum absolute atomic E-state index is 0.0480. The van der Waals surface area contributed by atoms with E-state index in [1.807, 2.05) is 32.0 Å². The Kier molecular flexibility index (Phi) is 5.99. The largest absolute Gasteiger partial charge is 0.350 e. The minimum Gasteiger partial charge on any atom is -0.350 e. The number of rotatable bonds is 5. The molecule has 0 atom stereocenters. The van der Waals surface area contributed by atoms with Crippen molar-refractivity contribution in [2.24, 2.45) is 0 Å². The van der Waals surface area contributed by atoms with Crippen molar-refractivity contribution < 1.29 is 9.59 Å². The lowest BCUT2D eigenvalue weighted by Gasteiger charge is -2.25. The van der Waals surface area contributed by atoms with Crippen molar-refractivity contribution in [3.05, 3.63) is 64.2 Å². The van der Waals surface area contributed by atoms with Crippen molar-refractivity contribution >= 4 is 29.1 Å². The highest BCUT2D eigenvalue weighted by Gasteiger charge is 2.16. The van der Waals surface area contributed by atoms with Crippen molar-refractivity contribution in [3.63, 3.8) is 0 Å². The molecule has 0 unspecified atom stereocenters. The van der Waals surface area contributed by atoms with E-state index in [9.17, 15) is 9.59 Å². The van der Waals surface area contributed by atoms with Gasteiger partial charge in [-0.25, -0.2) is 0 Å². The summed E-state index contributed by atoms with van der Waals surface area (Å²) in [5.41, 5.74) is 3.52. The molecule has 2 aromatic carbocycles. The zero-order valence-corrected chi connectivity index (χ0v) is 14.9. The number of carbonyl (C=O) groups is 2. The van der Waals surface area contributed by atoms with Crippen molar-refractivity contribution in [1.82, 2.24) is 5.32 Å². The van der Waals surface area contributed by atoms with Gasteiger partial charge >= 0.3 is 0 Å². The fourth-order valence-corrected chi connectivity index (χ4v) is 2.77. The number of nitrogens with zero attached hydrogens (tertiary/aromatic N) is 1. The van der Waals surface area contributed by atoms with Crippen LogP contribution in [0.2, 0.25) is 5.02 Å². The topological polar surface area (TPSA) is 49.4 Å². The average Bonchev–Trinajstić information content (AvgIpc) is 2.53. The normalized spacial score (nSPS) is 10.3. The molecule has 24 heavy (non-hydrogen) atoms. The molecule has 0 saturated carbocycles. The Hall–Kier alpha value is -2.33. The van der Waals surface area contributed by atoms with Gasteiger partial charge in [0, 0.05) is 36.3 Å². The molecular weight excluding hydrogens is 324 g/mol. The van der Waals surface area contributed by atoms with E-state index in [1.165, 1.54) is 6.92 Å². The van der Waals surface area contributed by atoms with E-state index in [2.05, 4.69) is 5.32 Å². The van der Waals surface area contributed by atoms with Gasteiger partial charge in [-0.15, -0.1) is 0 Å². The van der Waals surface area contributed by atoms with Gasteiger partial charge in [-0.1, -0.05) is 29.8 Å². The molecule has 0 aliphatic rings. The summed E-state index contributed by atoms with van der Waals surface area (Å²) in [6, 6.07) is 12.6. The predicted molar refractivity (Wildman–Crippen MR) is 97.7 cm³/mol. The summed E-state index contributed by atoms with van der Waals surface area (Å²) in [6.07, 6.45) is 0. The zero-order chi connectivity index (χ0) is 17.7. The van der Waals surface area contributed by atoms with Crippen LogP contribution in [0.1, 0.15) is 28.4 Å². The van der Waals surface area contributed by atoms with Crippen LogP contribution >= 0.6 is 11.6 Å². The molecule has 4 nitrogen and oxygen atoms in total. The predicted octanol–water partition coefficient (Wildman–Crippen LogP) is 3.74. The summed E-state index contributed by atoms with van der Waals surface area (Å²) in [5, 5.41) is 3.42. The maximum absolute atomic E-state index is 12.1. The lowest BCUT2D eigenvalue weighted by atomic mass is 10.1. The van der Waals surface area contributed by atoms with Crippen LogP contribution in [0.4, 0.5) is 5.69 Å². The van der Waals surface area contributed by atoms with Gasteiger partial charge in [-0.05, 0) is 49.2 Å². The molecule has 0 fully saturated rings. The van der Waals surface area contributed by atoms with Crippen LogP contribution in [0.3, 0.4) is 0 Å². The second-order valence-corrected chi connectivity index (χ2v) is 6.11. The Morgan fingerprint density at radius 2 is 1.62 bits per heavy atom. The number of hydrogen-bond donors (Lipinski definition) is 1.